The Bertz CT molecular complexity index is 521. The number of halogens is 2. The summed E-state index contributed by atoms with van der Waals surface area (Å²) in [6.07, 6.45) is 0.177. The van der Waals surface area contributed by atoms with Gasteiger partial charge >= 0.3 is 12.1 Å². The van der Waals surface area contributed by atoms with Crippen LogP contribution in [-0.2, 0) is 16.0 Å². The Morgan fingerprint density at radius 2 is 2.25 bits per heavy atom. The standard InChI is InChI=1S/C13H13ClFNO4/c1-2-5-20-13(19)16-11(12(17)18)7-8-6-9(14)3-4-10(8)15/h2-4,6,11H,1,5,7H2,(H,16,19)(H,17,18)/t11-/m0/s1. The maximum atomic E-state index is 13.5. The first-order chi connectivity index (χ1) is 9.43. The number of carbonyl (C=O) groups excluding carboxylic acids is 1. The minimum Gasteiger partial charge on any atom is -0.480 e. The molecule has 0 radical (unpaired) electrons. The molecule has 0 saturated carbocycles. The van der Waals surface area contributed by atoms with Gasteiger partial charge < -0.3 is 15.2 Å². The molecule has 108 valence electrons. The van der Waals surface area contributed by atoms with Gasteiger partial charge in [-0.15, -0.1) is 0 Å². The Morgan fingerprint density at radius 1 is 1.55 bits per heavy atom. The average molecular weight is 302 g/mol. The van der Waals surface area contributed by atoms with Crippen LogP contribution in [0.4, 0.5) is 9.18 Å². The van der Waals surface area contributed by atoms with Gasteiger partial charge in [0, 0.05) is 11.4 Å². The van der Waals surface area contributed by atoms with Crippen molar-refractivity contribution in [1.82, 2.24) is 5.32 Å². The quantitative estimate of drug-likeness (QED) is 0.791. The molecule has 0 aromatic heterocycles. The van der Waals surface area contributed by atoms with E-state index in [4.69, 9.17) is 16.7 Å². The van der Waals surface area contributed by atoms with Crippen molar-refractivity contribution in [2.75, 3.05) is 6.61 Å². The van der Waals surface area contributed by atoms with E-state index in [1.165, 1.54) is 18.2 Å². The van der Waals surface area contributed by atoms with Crippen LogP contribution in [0.15, 0.2) is 30.9 Å². The Balaban J connectivity index is 2.77. The lowest BCUT2D eigenvalue weighted by atomic mass is 10.1. The molecule has 1 atom stereocenters. The van der Waals surface area contributed by atoms with E-state index in [0.717, 1.165) is 6.07 Å². The number of amides is 1. The number of rotatable bonds is 6. The van der Waals surface area contributed by atoms with Crippen LogP contribution in [0.2, 0.25) is 5.02 Å². The molecule has 2 N–H and O–H groups in total. The third-order valence-corrected chi connectivity index (χ3v) is 2.59. The highest BCUT2D eigenvalue weighted by atomic mass is 35.5. The third kappa shape index (κ3) is 4.89. The van der Waals surface area contributed by atoms with E-state index in [0.29, 0.717) is 0 Å². The molecule has 0 aliphatic carbocycles. The van der Waals surface area contributed by atoms with Crippen LogP contribution in [0, 0.1) is 5.82 Å². The van der Waals surface area contributed by atoms with Crippen molar-refractivity contribution in [3.63, 3.8) is 0 Å². The Labute approximate surface area is 120 Å². The molecule has 0 spiro atoms. The van der Waals surface area contributed by atoms with E-state index < -0.39 is 23.9 Å². The number of hydrogen-bond donors (Lipinski definition) is 2. The highest BCUT2D eigenvalue weighted by Gasteiger charge is 2.22. The molecule has 20 heavy (non-hydrogen) atoms. The lowest BCUT2D eigenvalue weighted by Gasteiger charge is -2.14. The topological polar surface area (TPSA) is 75.6 Å². The summed E-state index contributed by atoms with van der Waals surface area (Å²) in [4.78, 5) is 22.4. The van der Waals surface area contributed by atoms with Gasteiger partial charge in [0.15, 0.2) is 0 Å². The number of benzene rings is 1. The van der Waals surface area contributed by atoms with Crippen molar-refractivity contribution >= 4 is 23.7 Å². The van der Waals surface area contributed by atoms with Crippen LogP contribution in [0.25, 0.3) is 0 Å². The smallest absolute Gasteiger partial charge is 0.408 e. The fraction of sp³-hybridized carbons (Fsp3) is 0.231. The second kappa shape index (κ2) is 7.49. The molecule has 1 rings (SSSR count). The van der Waals surface area contributed by atoms with Crippen LogP contribution >= 0.6 is 11.6 Å². The monoisotopic (exact) mass is 301 g/mol. The highest BCUT2D eigenvalue weighted by Crippen LogP contribution is 2.16. The normalized spacial score (nSPS) is 11.5. The largest absolute Gasteiger partial charge is 0.480 e. The van der Waals surface area contributed by atoms with Crippen molar-refractivity contribution in [3.05, 3.63) is 47.3 Å². The number of ether oxygens (including phenoxy) is 1. The molecule has 0 bridgehead atoms. The van der Waals surface area contributed by atoms with Crippen molar-refractivity contribution in [3.8, 4) is 0 Å². The van der Waals surface area contributed by atoms with E-state index in [2.05, 4.69) is 16.6 Å². The summed E-state index contributed by atoms with van der Waals surface area (Å²) in [6.45, 7) is 3.30. The van der Waals surface area contributed by atoms with E-state index in [1.807, 2.05) is 0 Å². The van der Waals surface area contributed by atoms with Crippen molar-refractivity contribution in [1.29, 1.82) is 0 Å². The minimum atomic E-state index is -1.32. The van der Waals surface area contributed by atoms with Gasteiger partial charge in [-0.2, -0.15) is 0 Å². The molecule has 1 aromatic carbocycles. The number of aliphatic carboxylic acids is 1. The first-order valence-electron chi connectivity index (χ1n) is 5.65. The van der Waals surface area contributed by atoms with Gasteiger partial charge in [-0.3, -0.25) is 0 Å². The molecule has 5 nitrogen and oxygen atoms in total. The molecule has 0 aliphatic rings. The molecule has 1 aromatic rings. The molecule has 7 heteroatoms. The zero-order valence-corrected chi connectivity index (χ0v) is 11.2. The Hall–Kier alpha value is -2.08. The van der Waals surface area contributed by atoms with Gasteiger partial charge in [0.1, 0.15) is 18.5 Å². The summed E-state index contributed by atoms with van der Waals surface area (Å²) in [5.74, 6) is -1.90. The molecule has 1 amide bonds. The zero-order valence-electron chi connectivity index (χ0n) is 10.4. The molecule has 0 saturated heterocycles. The summed E-state index contributed by atoms with van der Waals surface area (Å²) >= 11 is 5.72. The zero-order chi connectivity index (χ0) is 15.1. The first kappa shape index (κ1) is 16.0. The summed E-state index contributed by atoms with van der Waals surface area (Å²) in [5, 5.41) is 11.4. The molecular weight excluding hydrogens is 289 g/mol. The third-order valence-electron chi connectivity index (χ3n) is 2.35. The van der Waals surface area contributed by atoms with E-state index in [-0.39, 0.29) is 23.6 Å². The van der Waals surface area contributed by atoms with Gasteiger partial charge in [-0.25, -0.2) is 14.0 Å². The van der Waals surface area contributed by atoms with Crippen LogP contribution < -0.4 is 5.32 Å². The van der Waals surface area contributed by atoms with Gasteiger partial charge in [-0.1, -0.05) is 24.3 Å². The Kier molecular flexibility index (Phi) is 5.99. The minimum absolute atomic E-state index is 0.0519. The van der Waals surface area contributed by atoms with Crippen LogP contribution in [0.1, 0.15) is 5.56 Å². The first-order valence-corrected chi connectivity index (χ1v) is 6.02. The molecule has 0 unspecified atom stereocenters. The molecule has 0 fully saturated rings. The van der Waals surface area contributed by atoms with Crippen molar-refractivity contribution in [2.45, 2.75) is 12.5 Å². The number of alkyl carbamates (subject to hydrolysis) is 1. The molecular formula is C13H13ClFNO4. The summed E-state index contributed by atoms with van der Waals surface area (Å²) in [7, 11) is 0. The van der Waals surface area contributed by atoms with Gasteiger partial charge in [0.2, 0.25) is 0 Å². The fourth-order valence-corrected chi connectivity index (χ4v) is 1.63. The number of carboxylic acid groups (broad SMARTS) is 1. The maximum absolute atomic E-state index is 13.5. The van der Waals surface area contributed by atoms with Crippen LogP contribution in [-0.4, -0.2) is 29.8 Å². The number of nitrogens with one attached hydrogen (secondary N) is 1. The molecule has 0 heterocycles. The lowest BCUT2D eigenvalue weighted by Crippen LogP contribution is -2.42. The van der Waals surface area contributed by atoms with Crippen LogP contribution in [0.3, 0.4) is 0 Å². The van der Waals surface area contributed by atoms with Crippen molar-refractivity contribution < 1.29 is 23.8 Å². The van der Waals surface area contributed by atoms with E-state index in [1.54, 1.807) is 0 Å². The number of hydrogen-bond acceptors (Lipinski definition) is 3. The Morgan fingerprint density at radius 3 is 2.85 bits per heavy atom. The van der Waals surface area contributed by atoms with Gasteiger partial charge in [-0.05, 0) is 23.8 Å². The highest BCUT2D eigenvalue weighted by molar-refractivity contribution is 6.30. The summed E-state index contributed by atoms with van der Waals surface area (Å²) in [6, 6.07) is 2.47. The predicted molar refractivity (Wildman–Crippen MR) is 71.2 cm³/mol. The second-order valence-electron chi connectivity index (χ2n) is 3.86. The van der Waals surface area contributed by atoms with Crippen molar-refractivity contribution in [2.24, 2.45) is 0 Å². The van der Waals surface area contributed by atoms with Gasteiger partial charge in [0.05, 0.1) is 0 Å². The van der Waals surface area contributed by atoms with Crippen LogP contribution in [0.5, 0.6) is 0 Å². The number of carbonyl (C=O) groups is 2. The SMILES string of the molecule is C=CCOC(=O)N[C@@H](Cc1cc(Cl)ccc1F)C(=O)O. The van der Waals surface area contributed by atoms with E-state index in [9.17, 15) is 14.0 Å². The fourth-order valence-electron chi connectivity index (χ4n) is 1.44. The lowest BCUT2D eigenvalue weighted by molar-refractivity contribution is -0.139. The predicted octanol–water partition coefficient (Wildman–Crippen LogP) is 2.39. The molecule has 0 aliphatic heterocycles. The summed E-state index contributed by atoms with van der Waals surface area (Å²) < 4.78 is 18.1. The second-order valence-corrected chi connectivity index (χ2v) is 4.30. The maximum Gasteiger partial charge on any atom is 0.408 e. The summed E-state index contributed by atoms with van der Waals surface area (Å²) in [5.41, 5.74) is 0.0916. The van der Waals surface area contributed by atoms with E-state index >= 15 is 0 Å². The average Bonchev–Trinajstić information content (AvgIpc) is 2.39. The van der Waals surface area contributed by atoms with Gasteiger partial charge in [0.25, 0.3) is 0 Å². The number of carboxylic acids is 1.